The van der Waals surface area contributed by atoms with Gasteiger partial charge in [0.2, 0.25) is 0 Å². The number of aliphatic hydroxyl groups excluding tert-OH is 1. The predicted molar refractivity (Wildman–Crippen MR) is 127 cm³/mol. The van der Waals surface area contributed by atoms with E-state index in [-0.39, 0.29) is 19.3 Å². The van der Waals surface area contributed by atoms with Crippen molar-refractivity contribution in [3.05, 3.63) is 61.5 Å². The maximum Gasteiger partial charge on any atom is 0.332 e. The molecule has 1 aliphatic rings. The Bertz CT molecular complexity index is 1310. The molecular formula is C24H27ClN4O4. The maximum absolute atomic E-state index is 13.4. The molecule has 0 spiro atoms. The Morgan fingerprint density at radius 1 is 1.18 bits per heavy atom. The van der Waals surface area contributed by atoms with Gasteiger partial charge in [-0.15, -0.1) is 0 Å². The van der Waals surface area contributed by atoms with Crippen molar-refractivity contribution in [1.82, 2.24) is 18.7 Å². The van der Waals surface area contributed by atoms with Crippen LogP contribution in [0.25, 0.3) is 11.2 Å². The number of aryl methyl sites for hydroxylation is 1. The number of benzene rings is 1. The van der Waals surface area contributed by atoms with Crippen molar-refractivity contribution in [2.45, 2.75) is 51.3 Å². The highest BCUT2D eigenvalue weighted by Crippen LogP contribution is 2.21. The van der Waals surface area contributed by atoms with E-state index in [1.54, 1.807) is 23.7 Å². The van der Waals surface area contributed by atoms with E-state index < -0.39 is 11.2 Å². The van der Waals surface area contributed by atoms with Gasteiger partial charge in [0.15, 0.2) is 17.0 Å². The SMILES string of the molecule is Cn1c(=O)n(CCCCO)c(=O)c2c1nc(C#CCOC1CCC1)n2Cc1ccc(Cl)cc1. The highest BCUT2D eigenvalue weighted by atomic mass is 35.5. The number of hydrogen-bond acceptors (Lipinski definition) is 5. The molecule has 3 aromatic rings. The minimum Gasteiger partial charge on any atom is -0.396 e. The molecule has 1 fully saturated rings. The zero-order valence-electron chi connectivity index (χ0n) is 18.6. The summed E-state index contributed by atoms with van der Waals surface area (Å²) >= 11 is 6.03. The smallest absolute Gasteiger partial charge is 0.332 e. The summed E-state index contributed by atoms with van der Waals surface area (Å²) in [5, 5.41) is 9.70. The Kier molecular flexibility index (Phi) is 7.33. The average molecular weight is 471 g/mol. The summed E-state index contributed by atoms with van der Waals surface area (Å²) in [7, 11) is 1.60. The fourth-order valence-electron chi connectivity index (χ4n) is 3.78. The van der Waals surface area contributed by atoms with Gasteiger partial charge >= 0.3 is 5.69 Å². The second kappa shape index (κ2) is 10.4. The largest absolute Gasteiger partial charge is 0.396 e. The molecule has 174 valence electrons. The predicted octanol–water partition coefficient (Wildman–Crippen LogP) is 2.29. The number of nitrogens with zero attached hydrogens (tertiary/aromatic N) is 4. The summed E-state index contributed by atoms with van der Waals surface area (Å²) in [6.45, 7) is 0.878. The summed E-state index contributed by atoms with van der Waals surface area (Å²) in [6, 6.07) is 7.34. The number of aliphatic hydroxyl groups is 1. The average Bonchev–Trinajstić information content (AvgIpc) is 3.13. The fraction of sp³-hybridized carbons (Fsp3) is 0.458. The number of ether oxygens (including phenoxy) is 1. The van der Waals surface area contributed by atoms with Crippen LogP contribution in [0.2, 0.25) is 5.02 Å². The molecule has 1 N–H and O–H groups in total. The minimum absolute atomic E-state index is 0.00841. The Morgan fingerprint density at radius 3 is 2.61 bits per heavy atom. The second-order valence-electron chi connectivity index (χ2n) is 8.22. The van der Waals surface area contributed by atoms with Crippen LogP contribution in [0.4, 0.5) is 0 Å². The fourth-order valence-corrected chi connectivity index (χ4v) is 3.91. The van der Waals surface area contributed by atoms with E-state index in [1.165, 1.54) is 15.6 Å². The van der Waals surface area contributed by atoms with Crippen molar-refractivity contribution in [3.8, 4) is 11.8 Å². The molecule has 0 saturated heterocycles. The van der Waals surface area contributed by atoms with Gasteiger partial charge in [-0.05, 0) is 55.7 Å². The van der Waals surface area contributed by atoms with Crippen LogP contribution in [0, 0.1) is 11.8 Å². The first kappa shape index (κ1) is 23.3. The van der Waals surface area contributed by atoms with Gasteiger partial charge in [-0.2, -0.15) is 0 Å². The summed E-state index contributed by atoms with van der Waals surface area (Å²) in [5.41, 5.74) is 0.690. The molecule has 2 heterocycles. The molecule has 9 heteroatoms. The van der Waals surface area contributed by atoms with Crippen molar-refractivity contribution in [1.29, 1.82) is 0 Å². The summed E-state index contributed by atoms with van der Waals surface area (Å²) in [5.74, 6) is 6.44. The number of imidazole rings is 1. The highest BCUT2D eigenvalue weighted by molar-refractivity contribution is 6.30. The number of unbranched alkanes of at least 4 members (excludes halogenated alkanes) is 1. The van der Waals surface area contributed by atoms with Gasteiger partial charge in [-0.3, -0.25) is 13.9 Å². The first-order valence-corrected chi connectivity index (χ1v) is 11.5. The van der Waals surface area contributed by atoms with Gasteiger partial charge in [-0.25, -0.2) is 9.78 Å². The van der Waals surface area contributed by atoms with Crippen molar-refractivity contribution in [3.63, 3.8) is 0 Å². The zero-order valence-corrected chi connectivity index (χ0v) is 19.3. The lowest BCUT2D eigenvalue weighted by Gasteiger charge is -2.24. The van der Waals surface area contributed by atoms with Crippen LogP contribution in [0.15, 0.2) is 33.9 Å². The van der Waals surface area contributed by atoms with Crippen molar-refractivity contribution < 1.29 is 9.84 Å². The van der Waals surface area contributed by atoms with Crippen LogP contribution >= 0.6 is 11.6 Å². The third-order valence-electron chi connectivity index (χ3n) is 5.92. The molecule has 0 amide bonds. The standard InChI is InChI=1S/C24H27ClN4O4/c1-27-22-21(23(31)28(24(27)32)13-2-3-14-30)29(16-17-9-11-18(25)12-10-17)20(26-22)8-5-15-33-19-6-4-7-19/h9-12,19,30H,2-4,6-7,13-16H2,1H3. The molecule has 0 radical (unpaired) electrons. The van der Waals surface area contributed by atoms with E-state index in [1.807, 2.05) is 12.1 Å². The Morgan fingerprint density at radius 2 is 1.94 bits per heavy atom. The van der Waals surface area contributed by atoms with Crippen LogP contribution < -0.4 is 11.2 Å². The lowest BCUT2D eigenvalue weighted by atomic mass is 9.96. The first-order chi connectivity index (χ1) is 16.0. The molecule has 4 rings (SSSR count). The number of halogens is 1. The van der Waals surface area contributed by atoms with Crippen LogP contribution in [0.3, 0.4) is 0 Å². The van der Waals surface area contributed by atoms with Crippen molar-refractivity contribution in [2.24, 2.45) is 7.05 Å². The maximum atomic E-state index is 13.4. The summed E-state index contributed by atoms with van der Waals surface area (Å²) in [6.07, 6.45) is 4.62. The topological polar surface area (TPSA) is 91.3 Å². The van der Waals surface area contributed by atoms with E-state index in [4.69, 9.17) is 21.4 Å². The Labute approximate surface area is 196 Å². The van der Waals surface area contributed by atoms with Crippen LogP contribution in [0.1, 0.15) is 43.5 Å². The van der Waals surface area contributed by atoms with Crippen LogP contribution in [-0.4, -0.2) is 43.1 Å². The normalized spacial score (nSPS) is 13.7. The monoisotopic (exact) mass is 470 g/mol. The number of hydrogen-bond donors (Lipinski definition) is 1. The molecule has 1 aromatic carbocycles. The van der Waals surface area contributed by atoms with Crippen LogP contribution in [-0.2, 0) is 24.9 Å². The molecule has 0 atom stereocenters. The van der Waals surface area contributed by atoms with Gasteiger partial charge in [0.25, 0.3) is 5.56 Å². The summed E-state index contributed by atoms with van der Waals surface area (Å²) in [4.78, 5) is 30.8. The van der Waals surface area contributed by atoms with Gasteiger partial charge in [0.05, 0.1) is 12.6 Å². The van der Waals surface area contributed by atoms with Crippen molar-refractivity contribution in [2.75, 3.05) is 13.2 Å². The van der Waals surface area contributed by atoms with Crippen LogP contribution in [0.5, 0.6) is 0 Å². The number of aromatic nitrogens is 4. The Balaban J connectivity index is 1.79. The molecule has 1 saturated carbocycles. The molecule has 2 aromatic heterocycles. The Hall–Kier alpha value is -2.86. The molecule has 8 nitrogen and oxygen atoms in total. The molecular weight excluding hydrogens is 444 g/mol. The van der Waals surface area contributed by atoms with E-state index in [0.717, 1.165) is 18.4 Å². The number of rotatable bonds is 8. The van der Waals surface area contributed by atoms with Gasteiger partial charge in [0, 0.05) is 25.2 Å². The zero-order chi connectivity index (χ0) is 23.4. The van der Waals surface area contributed by atoms with Gasteiger partial charge < -0.3 is 14.4 Å². The molecule has 0 unspecified atom stereocenters. The third kappa shape index (κ3) is 5.06. The molecule has 0 bridgehead atoms. The first-order valence-electron chi connectivity index (χ1n) is 11.2. The minimum atomic E-state index is -0.436. The van der Waals surface area contributed by atoms with Gasteiger partial charge in [-0.1, -0.05) is 29.7 Å². The highest BCUT2D eigenvalue weighted by Gasteiger charge is 2.20. The molecule has 33 heavy (non-hydrogen) atoms. The van der Waals surface area contributed by atoms with Gasteiger partial charge in [0.1, 0.15) is 6.61 Å². The van der Waals surface area contributed by atoms with E-state index in [9.17, 15) is 9.59 Å². The molecule has 1 aliphatic carbocycles. The van der Waals surface area contributed by atoms with E-state index in [0.29, 0.717) is 48.0 Å². The van der Waals surface area contributed by atoms with E-state index in [2.05, 4.69) is 16.8 Å². The third-order valence-corrected chi connectivity index (χ3v) is 6.17. The second-order valence-corrected chi connectivity index (χ2v) is 8.65. The van der Waals surface area contributed by atoms with E-state index >= 15 is 0 Å². The summed E-state index contributed by atoms with van der Waals surface area (Å²) < 4.78 is 10.1. The van der Waals surface area contributed by atoms with Crippen molar-refractivity contribution >= 4 is 22.8 Å². The number of fused-ring (bicyclic) bond motifs is 1. The quantitative estimate of drug-likeness (QED) is 0.403. The molecule has 0 aliphatic heterocycles. The lowest BCUT2D eigenvalue weighted by molar-refractivity contribution is 0.0217. The lowest BCUT2D eigenvalue weighted by Crippen LogP contribution is -2.39.